The Hall–Kier alpha value is -3.93. The smallest absolute Gasteiger partial charge is 0.249 e. The van der Waals surface area contributed by atoms with E-state index < -0.39 is 0 Å². The molecule has 0 saturated heterocycles. The van der Waals surface area contributed by atoms with Gasteiger partial charge in [0, 0.05) is 11.4 Å². The Balaban J connectivity index is 1.38. The quantitative estimate of drug-likeness (QED) is 0.454. The minimum Gasteiger partial charge on any atom is -0.489 e. The van der Waals surface area contributed by atoms with Crippen LogP contribution in [0.3, 0.4) is 0 Å². The molecule has 3 aromatic carbocycles. The first kappa shape index (κ1) is 18.4. The fourth-order valence-corrected chi connectivity index (χ4v) is 2.77. The lowest BCUT2D eigenvalue weighted by atomic mass is 10.2. The Morgan fingerprint density at radius 2 is 1.59 bits per heavy atom. The van der Waals surface area contributed by atoms with Crippen molar-refractivity contribution in [3.63, 3.8) is 0 Å². The number of nitrogens with zero attached hydrogens (tertiary/aromatic N) is 3. The molecule has 0 aliphatic heterocycles. The molecule has 0 spiro atoms. The number of nitrogens with one attached hydrogen (secondary N) is 2. The number of aryl methyl sites for hydroxylation is 1. The van der Waals surface area contributed by atoms with Crippen LogP contribution in [0.2, 0.25) is 0 Å². The highest BCUT2D eigenvalue weighted by Crippen LogP contribution is 2.21. The predicted octanol–water partition coefficient (Wildman–Crippen LogP) is 5.25. The Morgan fingerprint density at radius 3 is 2.38 bits per heavy atom. The summed E-state index contributed by atoms with van der Waals surface area (Å²) in [6, 6.07) is 25.8. The second-order valence-electron chi connectivity index (χ2n) is 6.53. The second-order valence-corrected chi connectivity index (χ2v) is 6.53. The van der Waals surface area contributed by atoms with Crippen molar-refractivity contribution in [3.05, 3.63) is 96.2 Å². The Bertz CT molecular complexity index is 1070. The maximum Gasteiger partial charge on any atom is 0.249 e. The van der Waals surface area contributed by atoms with Crippen LogP contribution in [0, 0.1) is 6.92 Å². The molecule has 1 aromatic heterocycles. The van der Waals surface area contributed by atoms with Gasteiger partial charge in [0.2, 0.25) is 5.95 Å². The van der Waals surface area contributed by atoms with Gasteiger partial charge < -0.3 is 15.4 Å². The van der Waals surface area contributed by atoms with Crippen molar-refractivity contribution >= 4 is 23.1 Å². The first-order valence-corrected chi connectivity index (χ1v) is 9.32. The Labute approximate surface area is 169 Å². The molecule has 144 valence electrons. The van der Waals surface area contributed by atoms with Gasteiger partial charge >= 0.3 is 0 Å². The van der Waals surface area contributed by atoms with Crippen molar-refractivity contribution in [3.8, 4) is 5.75 Å². The molecule has 0 saturated carbocycles. The Kier molecular flexibility index (Phi) is 5.62. The zero-order valence-corrected chi connectivity index (χ0v) is 16.0. The zero-order chi connectivity index (χ0) is 19.9. The number of hydrogen-bond acceptors (Lipinski definition) is 6. The minimum atomic E-state index is 0.418. The van der Waals surface area contributed by atoms with Gasteiger partial charge in [-0.1, -0.05) is 48.5 Å². The van der Waals surface area contributed by atoms with Crippen LogP contribution < -0.4 is 15.4 Å². The summed E-state index contributed by atoms with van der Waals surface area (Å²) in [7, 11) is 0. The standard InChI is InChI=1S/C23H21N5O/c1-17-7-5-6-10-21(17)26-22-15-24-28-23(27-22)25-19-11-13-20(14-12-19)29-16-18-8-3-2-4-9-18/h2-15H,16H2,1H3,(H2,25,26,27,28). The summed E-state index contributed by atoms with van der Waals surface area (Å²) in [6.45, 7) is 2.57. The van der Waals surface area contributed by atoms with Crippen molar-refractivity contribution in [2.75, 3.05) is 10.6 Å². The summed E-state index contributed by atoms with van der Waals surface area (Å²) in [6.07, 6.45) is 1.60. The lowest BCUT2D eigenvalue weighted by molar-refractivity contribution is 0.306. The van der Waals surface area contributed by atoms with Gasteiger partial charge in [-0.05, 0) is 48.4 Å². The largest absolute Gasteiger partial charge is 0.489 e. The topological polar surface area (TPSA) is 72.0 Å². The summed E-state index contributed by atoms with van der Waals surface area (Å²) in [5.74, 6) is 1.84. The molecule has 0 unspecified atom stereocenters. The molecule has 0 aliphatic carbocycles. The van der Waals surface area contributed by atoms with E-state index in [1.165, 1.54) is 0 Å². The molecular formula is C23H21N5O. The average molecular weight is 383 g/mol. The number of anilines is 4. The summed E-state index contributed by atoms with van der Waals surface area (Å²) >= 11 is 0. The average Bonchev–Trinajstić information content (AvgIpc) is 2.76. The summed E-state index contributed by atoms with van der Waals surface area (Å²) in [5, 5.41) is 14.5. The molecule has 6 heteroatoms. The third-order valence-corrected chi connectivity index (χ3v) is 4.33. The van der Waals surface area contributed by atoms with E-state index in [4.69, 9.17) is 4.74 Å². The number of ether oxygens (including phenoxy) is 1. The predicted molar refractivity (Wildman–Crippen MR) is 115 cm³/mol. The molecule has 6 nitrogen and oxygen atoms in total. The van der Waals surface area contributed by atoms with Gasteiger partial charge in [-0.3, -0.25) is 0 Å². The fourth-order valence-electron chi connectivity index (χ4n) is 2.77. The molecule has 0 bridgehead atoms. The van der Waals surface area contributed by atoms with Crippen LogP contribution in [0.4, 0.5) is 23.1 Å². The van der Waals surface area contributed by atoms with Crippen LogP contribution in [0.25, 0.3) is 0 Å². The fraction of sp³-hybridized carbons (Fsp3) is 0.0870. The van der Waals surface area contributed by atoms with E-state index in [-0.39, 0.29) is 0 Å². The van der Waals surface area contributed by atoms with Crippen molar-refractivity contribution < 1.29 is 4.74 Å². The lowest BCUT2D eigenvalue weighted by Gasteiger charge is -2.10. The summed E-state index contributed by atoms with van der Waals surface area (Å²) in [4.78, 5) is 4.48. The van der Waals surface area contributed by atoms with Gasteiger partial charge in [0.05, 0.1) is 6.20 Å². The zero-order valence-electron chi connectivity index (χ0n) is 16.0. The van der Waals surface area contributed by atoms with E-state index in [9.17, 15) is 0 Å². The van der Waals surface area contributed by atoms with Crippen LogP contribution in [-0.4, -0.2) is 15.2 Å². The summed E-state index contributed by atoms with van der Waals surface area (Å²) < 4.78 is 5.81. The van der Waals surface area contributed by atoms with Crippen LogP contribution in [0.5, 0.6) is 5.75 Å². The van der Waals surface area contributed by atoms with Crippen molar-refractivity contribution in [2.24, 2.45) is 0 Å². The molecule has 0 fully saturated rings. The molecule has 1 heterocycles. The van der Waals surface area contributed by atoms with Crippen LogP contribution in [-0.2, 0) is 6.61 Å². The van der Waals surface area contributed by atoms with Gasteiger partial charge in [0.25, 0.3) is 0 Å². The van der Waals surface area contributed by atoms with Crippen molar-refractivity contribution in [1.29, 1.82) is 0 Å². The highest BCUT2D eigenvalue weighted by molar-refractivity contribution is 5.61. The van der Waals surface area contributed by atoms with E-state index in [0.717, 1.165) is 28.3 Å². The first-order valence-electron chi connectivity index (χ1n) is 9.32. The highest BCUT2D eigenvalue weighted by atomic mass is 16.5. The lowest BCUT2D eigenvalue weighted by Crippen LogP contribution is -2.03. The molecule has 0 aliphatic rings. The monoisotopic (exact) mass is 383 g/mol. The van der Waals surface area contributed by atoms with E-state index in [1.807, 2.05) is 85.8 Å². The molecule has 4 rings (SSSR count). The van der Waals surface area contributed by atoms with E-state index >= 15 is 0 Å². The maximum absolute atomic E-state index is 5.81. The SMILES string of the molecule is Cc1ccccc1Nc1cnnc(Nc2ccc(OCc3ccccc3)cc2)n1. The highest BCUT2D eigenvalue weighted by Gasteiger charge is 2.04. The van der Waals surface area contributed by atoms with Gasteiger partial charge in [-0.2, -0.15) is 10.1 Å². The van der Waals surface area contributed by atoms with Gasteiger partial charge in [0.1, 0.15) is 12.4 Å². The van der Waals surface area contributed by atoms with Crippen LogP contribution in [0.1, 0.15) is 11.1 Å². The number of rotatable bonds is 7. The Morgan fingerprint density at radius 1 is 0.828 bits per heavy atom. The van der Waals surface area contributed by atoms with Crippen LogP contribution in [0.15, 0.2) is 85.1 Å². The first-order chi connectivity index (χ1) is 14.3. The third kappa shape index (κ3) is 5.07. The maximum atomic E-state index is 5.81. The molecule has 29 heavy (non-hydrogen) atoms. The summed E-state index contributed by atoms with van der Waals surface area (Å²) in [5.41, 5.74) is 4.10. The minimum absolute atomic E-state index is 0.418. The van der Waals surface area contributed by atoms with Gasteiger partial charge in [0.15, 0.2) is 5.82 Å². The molecular weight excluding hydrogens is 362 g/mol. The molecule has 2 N–H and O–H groups in total. The van der Waals surface area contributed by atoms with Crippen LogP contribution >= 0.6 is 0 Å². The normalized spacial score (nSPS) is 10.4. The van der Waals surface area contributed by atoms with E-state index in [1.54, 1.807) is 6.20 Å². The number of aromatic nitrogens is 3. The molecule has 0 atom stereocenters. The van der Waals surface area contributed by atoms with Crippen molar-refractivity contribution in [1.82, 2.24) is 15.2 Å². The van der Waals surface area contributed by atoms with Gasteiger partial charge in [-0.25, -0.2) is 0 Å². The molecule has 0 radical (unpaired) electrons. The molecule has 4 aromatic rings. The van der Waals surface area contributed by atoms with Crippen molar-refractivity contribution in [2.45, 2.75) is 13.5 Å². The van der Waals surface area contributed by atoms with E-state index in [2.05, 4.69) is 25.8 Å². The third-order valence-electron chi connectivity index (χ3n) is 4.33. The second kappa shape index (κ2) is 8.84. The van der Waals surface area contributed by atoms with Gasteiger partial charge in [-0.15, -0.1) is 5.10 Å². The number of hydrogen-bond donors (Lipinski definition) is 2. The number of para-hydroxylation sites is 1. The number of benzene rings is 3. The van der Waals surface area contributed by atoms with E-state index in [0.29, 0.717) is 18.4 Å². The molecule has 0 amide bonds.